The van der Waals surface area contributed by atoms with Crippen molar-refractivity contribution in [3.8, 4) is 0 Å². The van der Waals surface area contributed by atoms with Gasteiger partial charge in [-0.05, 0) is 62.1 Å². The summed E-state index contributed by atoms with van der Waals surface area (Å²) in [4.78, 5) is 125. The van der Waals surface area contributed by atoms with Crippen molar-refractivity contribution in [3.05, 3.63) is 71.3 Å². The number of nitrogens with zero attached hydrogens (tertiary/aromatic N) is 2. The van der Waals surface area contributed by atoms with Crippen molar-refractivity contribution in [2.24, 2.45) is 5.73 Å². The lowest BCUT2D eigenvalue weighted by molar-refractivity contribution is -0.148. The van der Waals surface area contributed by atoms with Gasteiger partial charge in [0.1, 0.15) is 42.3 Å². The van der Waals surface area contributed by atoms with Crippen LogP contribution < -0.4 is 32.3 Å². The number of benzene rings is 2. The van der Waals surface area contributed by atoms with Crippen molar-refractivity contribution in [3.63, 3.8) is 0 Å². The van der Waals surface area contributed by atoms with Crippen molar-refractivity contribution in [1.82, 2.24) is 36.4 Å². The molecule has 2 aromatic rings. The Balaban J connectivity index is 1.47. The SMILES string of the molecule is CCCCCC(=O)N[C@H]1CSCc2cccc(c2)CSC[C@@H](C(=O)O)NC(=O)[C@H](Cc2ccccc2)NC(=O)[C@H](CCC(N)=O)NC(=O)[C@H]([C@@H](C)O)NC(=O)[C@@H]2CCCN2C(=O)[C@@H]2CCCN2C1=O. The molecular weight excluding hydrogens is 929 g/mol. The maximum absolute atomic E-state index is 14.4. The molecule has 0 unspecified atom stereocenters. The third-order valence-electron chi connectivity index (χ3n) is 12.3. The van der Waals surface area contributed by atoms with Crippen LogP contribution in [0.15, 0.2) is 54.6 Å². The first-order valence-corrected chi connectivity index (χ1v) is 25.9. The Labute approximate surface area is 411 Å². The highest BCUT2D eigenvalue weighted by Gasteiger charge is 2.44. The molecule has 8 amide bonds. The van der Waals surface area contributed by atoms with Crippen molar-refractivity contribution in [2.75, 3.05) is 24.6 Å². The quantitative estimate of drug-likeness (QED) is 0.139. The molecule has 3 aliphatic rings. The Morgan fingerprint density at radius 2 is 1.38 bits per heavy atom. The molecule has 376 valence electrons. The van der Waals surface area contributed by atoms with E-state index in [0.29, 0.717) is 42.8 Å². The molecule has 21 heteroatoms. The number of carbonyl (C=O) groups is 9. The van der Waals surface area contributed by atoms with E-state index in [4.69, 9.17) is 5.73 Å². The second-order valence-electron chi connectivity index (χ2n) is 17.8. The Morgan fingerprint density at radius 1 is 0.754 bits per heavy atom. The summed E-state index contributed by atoms with van der Waals surface area (Å²) in [6.45, 7) is 3.72. The topological polar surface area (TPSA) is 287 Å². The third-order valence-corrected chi connectivity index (χ3v) is 14.5. The maximum Gasteiger partial charge on any atom is 0.327 e. The average Bonchev–Trinajstić information content (AvgIpc) is 4.02. The van der Waals surface area contributed by atoms with Gasteiger partial charge in [0.15, 0.2) is 0 Å². The summed E-state index contributed by atoms with van der Waals surface area (Å²) < 4.78 is 0. The Kier molecular flexibility index (Phi) is 21.2. The van der Waals surface area contributed by atoms with Crippen molar-refractivity contribution >= 4 is 76.8 Å². The van der Waals surface area contributed by atoms with Crippen molar-refractivity contribution in [1.29, 1.82) is 0 Å². The van der Waals surface area contributed by atoms with Crippen LogP contribution in [0.2, 0.25) is 0 Å². The first-order valence-electron chi connectivity index (χ1n) is 23.6. The van der Waals surface area contributed by atoms with E-state index in [1.165, 1.54) is 40.2 Å². The van der Waals surface area contributed by atoms with Crippen LogP contribution in [0.5, 0.6) is 0 Å². The second-order valence-corrected chi connectivity index (χ2v) is 19.8. The van der Waals surface area contributed by atoms with Gasteiger partial charge in [-0.1, -0.05) is 74.4 Å². The fourth-order valence-electron chi connectivity index (χ4n) is 8.61. The average molecular weight is 995 g/mol. The van der Waals surface area contributed by atoms with Crippen LogP contribution in [0.3, 0.4) is 0 Å². The molecule has 8 atom stereocenters. The zero-order chi connectivity index (χ0) is 50.0. The monoisotopic (exact) mass is 994 g/mol. The Morgan fingerprint density at radius 3 is 2.01 bits per heavy atom. The molecule has 0 aromatic heterocycles. The molecule has 2 fully saturated rings. The van der Waals surface area contributed by atoms with Gasteiger partial charge in [-0.2, -0.15) is 23.5 Å². The summed E-state index contributed by atoms with van der Waals surface area (Å²) in [6.07, 6.45) is 1.82. The second kappa shape index (κ2) is 26.9. The number of nitrogens with one attached hydrogen (secondary N) is 5. The lowest BCUT2D eigenvalue weighted by atomic mass is 10.0. The zero-order valence-electron chi connectivity index (χ0n) is 39.2. The number of primary amides is 1. The number of amides is 8. The minimum absolute atomic E-state index is 0.0455. The van der Waals surface area contributed by atoms with E-state index >= 15 is 0 Å². The number of carboxylic acids is 1. The van der Waals surface area contributed by atoms with Crippen LogP contribution in [0.4, 0.5) is 0 Å². The fraction of sp³-hybridized carbons (Fsp3) is 0.562. The summed E-state index contributed by atoms with van der Waals surface area (Å²) in [5, 5.41) is 34.2. The molecule has 69 heavy (non-hydrogen) atoms. The number of aliphatic carboxylic acids is 1. The molecule has 0 aliphatic carbocycles. The third kappa shape index (κ3) is 16.2. The van der Waals surface area contributed by atoms with Gasteiger partial charge in [-0.25, -0.2) is 4.79 Å². The molecule has 3 aliphatic heterocycles. The minimum Gasteiger partial charge on any atom is -0.480 e. The van der Waals surface area contributed by atoms with Gasteiger partial charge in [0.25, 0.3) is 0 Å². The molecule has 2 aromatic carbocycles. The van der Waals surface area contributed by atoms with Gasteiger partial charge in [-0.3, -0.25) is 38.4 Å². The predicted octanol–water partition coefficient (Wildman–Crippen LogP) is 1.13. The van der Waals surface area contributed by atoms with E-state index in [0.717, 1.165) is 24.0 Å². The maximum atomic E-state index is 14.4. The number of rotatable bonds is 12. The number of nitrogens with two attached hydrogens (primary N) is 1. The van der Waals surface area contributed by atoms with Gasteiger partial charge in [0.2, 0.25) is 47.3 Å². The summed E-state index contributed by atoms with van der Waals surface area (Å²) in [7, 11) is 0. The molecule has 19 nitrogen and oxygen atoms in total. The lowest BCUT2D eigenvalue weighted by Crippen LogP contribution is -2.61. The number of unbranched alkanes of at least 4 members (excludes halogenated alkanes) is 2. The highest BCUT2D eigenvalue weighted by atomic mass is 32.2. The van der Waals surface area contributed by atoms with Gasteiger partial charge in [0, 0.05) is 55.4 Å². The molecule has 2 bridgehead atoms. The zero-order valence-corrected chi connectivity index (χ0v) is 40.8. The number of thioether (sulfide) groups is 2. The van der Waals surface area contributed by atoms with Gasteiger partial charge >= 0.3 is 5.97 Å². The number of aliphatic hydroxyl groups excluding tert-OH is 1. The van der Waals surface area contributed by atoms with Gasteiger partial charge < -0.3 is 52.3 Å². The highest BCUT2D eigenvalue weighted by Crippen LogP contribution is 2.27. The highest BCUT2D eigenvalue weighted by molar-refractivity contribution is 7.98. The van der Waals surface area contributed by atoms with E-state index in [-0.39, 0.29) is 62.6 Å². The molecule has 0 spiro atoms. The summed E-state index contributed by atoms with van der Waals surface area (Å²) in [5.41, 5.74) is 7.85. The van der Waals surface area contributed by atoms with Crippen LogP contribution in [-0.2, 0) is 61.1 Å². The smallest absolute Gasteiger partial charge is 0.327 e. The molecule has 3 heterocycles. The van der Waals surface area contributed by atoms with E-state index < -0.39 is 95.7 Å². The van der Waals surface area contributed by atoms with E-state index in [2.05, 4.69) is 26.6 Å². The van der Waals surface area contributed by atoms with Gasteiger partial charge in [0.05, 0.1) is 6.10 Å². The summed E-state index contributed by atoms with van der Waals surface area (Å²) in [5.74, 6) is -5.76. The number of carbonyl (C=O) groups excluding carboxylic acids is 8. The number of carboxylic acid groups (broad SMARTS) is 1. The normalized spacial score (nSPS) is 25.4. The van der Waals surface area contributed by atoms with Crippen molar-refractivity contribution < 1.29 is 53.4 Å². The van der Waals surface area contributed by atoms with Crippen molar-refractivity contribution in [2.45, 2.75) is 144 Å². The molecular formula is C48H66N8O11S2. The van der Waals surface area contributed by atoms with Crippen LogP contribution in [-0.4, -0.2) is 146 Å². The number of hydrogen-bond donors (Lipinski definition) is 8. The first kappa shape index (κ1) is 54.3. The molecule has 0 radical (unpaired) electrons. The van der Waals surface area contributed by atoms with E-state index in [1.807, 2.05) is 31.2 Å². The number of aliphatic hydroxyl groups is 1. The molecule has 2 saturated heterocycles. The number of fused-ring (bicyclic) bond motifs is 4. The van der Waals surface area contributed by atoms with Crippen LogP contribution in [0, 0.1) is 0 Å². The minimum atomic E-state index is -1.66. The Bertz CT molecular complexity index is 2150. The predicted molar refractivity (Wildman–Crippen MR) is 260 cm³/mol. The molecule has 5 rings (SSSR count). The lowest BCUT2D eigenvalue weighted by Gasteiger charge is -2.33. The summed E-state index contributed by atoms with van der Waals surface area (Å²) >= 11 is 2.71. The molecule has 0 saturated carbocycles. The first-order chi connectivity index (χ1) is 33.1. The number of hydrogen-bond acceptors (Lipinski definition) is 12. The van der Waals surface area contributed by atoms with E-state index in [9.17, 15) is 53.4 Å². The molecule has 9 N–H and O–H groups in total. The largest absolute Gasteiger partial charge is 0.480 e. The van der Waals surface area contributed by atoms with Gasteiger partial charge in [-0.15, -0.1) is 0 Å². The summed E-state index contributed by atoms with van der Waals surface area (Å²) in [6, 6.07) is 7.42. The van der Waals surface area contributed by atoms with E-state index in [1.54, 1.807) is 30.3 Å². The van der Waals surface area contributed by atoms with Crippen LogP contribution in [0.25, 0.3) is 0 Å². The van der Waals surface area contributed by atoms with Crippen LogP contribution >= 0.6 is 23.5 Å². The fourth-order valence-corrected chi connectivity index (χ4v) is 10.6. The van der Waals surface area contributed by atoms with Crippen LogP contribution in [0.1, 0.15) is 94.7 Å². The standard InChI is InChI=1S/C48H66N8O11S2/c1-3-4-6-18-40(59)50-35-27-68-25-31-14-9-15-32(23-31)26-69-28-36(48(66)67)53-43(61)34(24-30-12-7-5-8-13-30)52-42(60)33(19-20-39(49)58)51-45(63)41(29(2)57)54-44(62)37-16-10-21-55(37)47(65)38-17-11-22-56(38)46(35)64/h5,7-9,12-15,23,29,33-38,41,57H,3-4,6,10-11,16-22,24-28H2,1-2H3,(H2,49,58)(H,50,59)(H,51,63)(H,52,60)(H,53,61)(H,54,62)(H,66,67)/t29-,33+,34+,35+,36+,37+,38+,41+/m1/s1. The Hall–Kier alpha value is -5.67.